The van der Waals surface area contributed by atoms with Crippen LogP contribution in [0.3, 0.4) is 0 Å². The van der Waals surface area contributed by atoms with E-state index in [-0.39, 0.29) is 18.1 Å². The van der Waals surface area contributed by atoms with Gasteiger partial charge < -0.3 is 14.0 Å². The fourth-order valence-corrected chi connectivity index (χ4v) is 3.20. The molecule has 0 atom stereocenters. The van der Waals surface area contributed by atoms with Crippen molar-refractivity contribution in [1.82, 2.24) is 4.57 Å². The molecule has 0 saturated carbocycles. The zero-order valence-electron chi connectivity index (χ0n) is 16.6. The summed E-state index contributed by atoms with van der Waals surface area (Å²) >= 11 is 5.46. The number of nitrogens with zero attached hydrogens (tertiary/aromatic N) is 1. The number of ether oxygens (including phenoxy) is 2. The molecular formula is C23H22ClNO5. The molecule has 0 unspecified atom stereocenters. The molecule has 1 heterocycles. The minimum atomic E-state index is -1.03. The lowest BCUT2D eigenvalue weighted by molar-refractivity contribution is -0.143. The van der Waals surface area contributed by atoms with Crippen molar-refractivity contribution in [2.45, 2.75) is 26.3 Å². The van der Waals surface area contributed by atoms with E-state index in [1.54, 1.807) is 25.3 Å². The van der Waals surface area contributed by atoms with Crippen molar-refractivity contribution < 1.29 is 23.9 Å². The summed E-state index contributed by atoms with van der Waals surface area (Å²) in [7, 11) is 0. The average molecular weight is 428 g/mol. The highest BCUT2D eigenvalue weighted by atomic mass is 35.5. The van der Waals surface area contributed by atoms with E-state index in [0.29, 0.717) is 37.1 Å². The summed E-state index contributed by atoms with van der Waals surface area (Å²) in [6, 6.07) is 15.2. The number of esters is 1. The fraction of sp³-hybridized carbons (Fsp3) is 0.261. The van der Waals surface area contributed by atoms with E-state index in [0.717, 1.165) is 11.1 Å². The van der Waals surface area contributed by atoms with Gasteiger partial charge in [0.15, 0.2) is 0 Å². The highest BCUT2D eigenvalue weighted by molar-refractivity contribution is 6.83. The van der Waals surface area contributed by atoms with Crippen LogP contribution < -0.4 is 4.74 Å². The van der Waals surface area contributed by atoms with Gasteiger partial charge in [0.25, 0.3) is 5.24 Å². The van der Waals surface area contributed by atoms with Crippen molar-refractivity contribution in [2.75, 3.05) is 13.2 Å². The van der Waals surface area contributed by atoms with E-state index in [4.69, 9.17) is 21.1 Å². The van der Waals surface area contributed by atoms with Gasteiger partial charge in [-0.2, -0.15) is 0 Å². The second-order valence-electron chi connectivity index (χ2n) is 6.71. The number of hydrogen-bond donors (Lipinski definition) is 0. The van der Waals surface area contributed by atoms with Gasteiger partial charge in [0.2, 0.25) is 5.78 Å². The van der Waals surface area contributed by atoms with E-state index in [2.05, 4.69) is 0 Å². The first-order chi connectivity index (χ1) is 14.5. The Balaban J connectivity index is 1.81. The standard InChI is InChI=1S/C23H22ClNO5/c1-2-21(26)30-12-6-11-29-17-9-10-20-18(13-17)19(22(27)23(24)28)15-25(20)14-16-7-4-3-5-8-16/h3-5,7-10,13,15H,2,6,11-12,14H2,1H3. The maximum Gasteiger partial charge on any atom is 0.305 e. The molecule has 30 heavy (non-hydrogen) atoms. The van der Waals surface area contributed by atoms with Gasteiger partial charge in [0, 0.05) is 36.5 Å². The quantitative estimate of drug-likeness (QED) is 0.158. The number of carbonyl (C=O) groups is 3. The van der Waals surface area contributed by atoms with Crippen molar-refractivity contribution in [2.24, 2.45) is 0 Å². The molecule has 7 heteroatoms. The van der Waals surface area contributed by atoms with Gasteiger partial charge in [-0.15, -0.1) is 0 Å². The lowest BCUT2D eigenvalue weighted by Crippen LogP contribution is -2.08. The molecule has 0 radical (unpaired) electrons. The van der Waals surface area contributed by atoms with E-state index in [9.17, 15) is 14.4 Å². The van der Waals surface area contributed by atoms with Crippen molar-refractivity contribution in [3.8, 4) is 5.75 Å². The summed E-state index contributed by atoms with van der Waals surface area (Å²) < 4.78 is 12.6. The molecule has 0 fully saturated rings. The second kappa shape index (κ2) is 10.1. The molecule has 156 valence electrons. The Morgan fingerprint density at radius 1 is 1.03 bits per heavy atom. The number of carbonyl (C=O) groups excluding carboxylic acids is 3. The lowest BCUT2D eigenvalue weighted by Gasteiger charge is -2.09. The second-order valence-corrected chi connectivity index (χ2v) is 7.06. The maximum atomic E-state index is 12.3. The number of ketones is 1. The van der Waals surface area contributed by atoms with Crippen LogP contribution in [0.25, 0.3) is 10.9 Å². The van der Waals surface area contributed by atoms with Gasteiger partial charge in [-0.25, -0.2) is 0 Å². The first-order valence-electron chi connectivity index (χ1n) is 9.69. The molecule has 0 aliphatic rings. The van der Waals surface area contributed by atoms with Gasteiger partial charge in [0.1, 0.15) is 5.75 Å². The van der Waals surface area contributed by atoms with Crippen LogP contribution in [0.1, 0.15) is 35.7 Å². The van der Waals surface area contributed by atoms with Gasteiger partial charge >= 0.3 is 5.97 Å². The maximum absolute atomic E-state index is 12.3. The van der Waals surface area contributed by atoms with E-state index in [1.807, 2.05) is 41.0 Å². The number of halogens is 1. The molecule has 3 aromatic rings. The molecule has 0 bridgehead atoms. The lowest BCUT2D eigenvalue weighted by atomic mass is 10.1. The molecule has 0 saturated heterocycles. The molecular weight excluding hydrogens is 406 g/mol. The van der Waals surface area contributed by atoms with E-state index in [1.165, 1.54) is 0 Å². The van der Waals surface area contributed by atoms with Crippen LogP contribution in [0.5, 0.6) is 5.75 Å². The molecule has 0 aliphatic carbocycles. The third kappa shape index (κ3) is 5.27. The summed E-state index contributed by atoms with van der Waals surface area (Å²) in [5.74, 6) is -0.444. The predicted molar refractivity (Wildman–Crippen MR) is 114 cm³/mol. The topological polar surface area (TPSA) is 74.6 Å². The summed E-state index contributed by atoms with van der Waals surface area (Å²) in [6.07, 6.45) is 2.53. The van der Waals surface area contributed by atoms with E-state index < -0.39 is 11.0 Å². The van der Waals surface area contributed by atoms with Gasteiger partial charge in [-0.3, -0.25) is 14.4 Å². The van der Waals surface area contributed by atoms with Crippen LogP contribution in [0.15, 0.2) is 54.7 Å². The largest absolute Gasteiger partial charge is 0.493 e. The van der Waals surface area contributed by atoms with Crippen LogP contribution in [-0.2, 0) is 20.9 Å². The van der Waals surface area contributed by atoms with Crippen molar-refractivity contribution in [3.63, 3.8) is 0 Å². The van der Waals surface area contributed by atoms with Crippen molar-refractivity contribution in [3.05, 3.63) is 65.9 Å². The van der Waals surface area contributed by atoms with Crippen LogP contribution in [0.4, 0.5) is 0 Å². The average Bonchev–Trinajstić information content (AvgIpc) is 3.10. The first-order valence-corrected chi connectivity index (χ1v) is 10.1. The van der Waals surface area contributed by atoms with Crippen LogP contribution >= 0.6 is 11.6 Å². The summed E-state index contributed by atoms with van der Waals surface area (Å²) in [5, 5.41) is -0.433. The predicted octanol–water partition coefficient (Wildman–Crippen LogP) is 4.36. The number of fused-ring (bicyclic) bond motifs is 1. The summed E-state index contributed by atoms with van der Waals surface area (Å²) in [4.78, 5) is 35.0. The third-order valence-corrected chi connectivity index (χ3v) is 4.75. The molecule has 0 amide bonds. The molecule has 1 aromatic heterocycles. The van der Waals surface area contributed by atoms with Crippen LogP contribution in [0, 0.1) is 0 Å². The summed E-state index contributed by atoms with van der Waals surface area (Å²) in [6.45, 7) is 2.92. The van der Waals surface area contributed by atoms with E-state index >= 15 is 0 Å². The number of benzene rings is 2. The van der Waals surface area contributed by atoms with Gasteiger partial charge in [0.05, 0.1) is 18.8 Å². The molecule has 0 spiro atoms. The fourth-order valence-electron chi connectivity index (χ4n) is 3.10. The Bertz CT molecular complexity index is 1060. The van der Waals surface area contributed by atoms with Crippen LogP contribution in [0.2, 0.25) is 0 Å². The van der Waals surface area contributed by atoms with Crippen molar-refractivity contribution >= 4 is 39.5 Å². The highest BCUT2D eigenvalue weighted by Gasteiger charge is 2.20. The monoisotopic (exact) mass is 427 g/mol. The van der Waals surface area contributed by atoms with Crippen molar-refractivity contribution in [1.29, 1.82) is 0 Å². The molecule has 0 N–H and O–H groups in total. The Morgan fingerprint density at radius 3 is 2.50 bits per heavy atom. The Hall–Kier alpha value is -3.12. The number of rotatable bonds is 10. The Morgan fingerprint density at radius 2 is 1.80 bits per heavy atom. The van der Waals surface area contributed by atoms with Crippen LogP contribution in [-0.4, -0.2) is 34.8 Å². The highest BCUT2D eigenvalue weighted by Crippen LogP contribution is 2.28. The van der Waals surface area contributed by atoms with Gasteiger partial charge in [-0.05, 0) is 35.4 Å². The molecule has 2 aromatic carbocycles. The first kappa shape index (κ1) is 21.6. The minimum absolute atomic E-state index is 0.239. The van der Waals surface area contributed by atoms with Gasteiger partial charge in [-0.1, -0.05) is 37.3 Å². The Labute approximate surface area is 179 Å². The molecule has 0 aliphatic heterocycles. The number of Topliss-reactive ketones (excluding diaryl/α,β-unsaturated/α-hetero) is 1. The Kier molecular flexibility index (Phi) is 7.25. The molecule has 3 rings (SSSR count). The minimum Gasteiger partial charge on any atom is -0.493 e. The smallest absolute Gasteiger partial charge is 0.305 e. The summed E-state index contributed by atoms with van der Waals surface area (Å²) in [5.41, 5.74) is 2.10. The SMILES string of the molecule is CCC(=O)OCCCOc1ccc2c(c1)c(C(=O)C(=O)Cl)cn2Cc1ccccc1. The number of aromatic nitrogens is 1. The zero-order chi connectivity index (χ0) is 21.5. The number of hydrogen-bond acceptors (Lipinski definition) is 5. The third-order valence-electron chi connectivity index (χ3n) is 4.58. The molecule has 6 nitrogen and oxygen atoms in total. The normalized spacial score (nSPS) is 10.7. The zero-order valence-corrected chi connectivity index (χ0v) is 17.4.